The molecule has 5 nitrogen and oxygen atoms in total. The van der Waals surface area contributed by atoms with Crippen molar-refractivity contribution >= 4 is 11.9 Å². The quantitative estimate of drug-likeness (QED) is 0.442. The van der Waals surface area contributed by atoms with E-state index in [1.807, 2.05) is 0 Å². The van der Waals surface area contributed by atoms with Gasteiger partial charge in [0.2, 0.25) is 5.91 Å². The molecule has 0 aromatic carbocycles. The van der Waals surface area contributed by atoms with E-state index in [0.717, 1.165) is 0 Å². The molecule has 0 radical (unpaired) electrons. The maximum absolute atomic E-state index is 10.2. The molecule has 0 aromatic rings. The second kappa shape index (κ2) is 8.15. The molecule has 0 aliphatic rings. The second-order valence-electron chi connectivity index (χ2n) is 2.17. The summed E-state index contributed by atoms with van der Waals surface area (Å²) in [5.74, 6) is -1.63. The fourth-order valence-electron chi connectivity index (χ4n) is 0.526. The van der Waals surface area contributed by atoms with Gasteiger partial charge in [-0.2, -0.15) is 0 Å². The molecule has 6 heteroatoms. The summed E-state index contributed by atoms with van der Waals surface area (Å²) in [6.07, 6.45) is -1.52. The smallest absolute Gasteiger partial charge is 0.550 e. The van der Waals surface area contributed by atoms with Crippen LogP contribution in [-0.4, -0.2) is 29.6 Å². The molecular formula is C6H10KNO4. The Morgan fingerprint density at radius 2 is 2.08 bits per heavy atom. The number of rotatable bonds is 4. The summed E-state index contributed by atoms with van der Waals surface area (Å²) in [4.78, 5) is 20.1. The number of aliphatic carboxylic acids is 1. The summed E-state index contributed by atoms with van der Waals surface area (Å²) in [7, 11) is 0. The summed E-state index contributed by atoms with van der Waals surface area (Å²) in [6.45, 7) is 1.23. The van der Waals surface area contributed by atoms with Crippen molar-refractivity contribution in [2.24, 2.45) is 0 Å². The normalized spacial score (nSPS) is 11.2. The van der Waals surface area contributed by atoms with Gasteiger partial charge in [-0.15, -0.1) is 0 Å². The van der Waals surface area contributed by atoms with Gasteiger partial charge in [0, 0.05) is 25.9 Å². The molecule has 0 aliphatic heterocycles. The maximum atomic E-state index is 10.2. The first kappa shape index (κ1) is 15.0. The topological polar surface area (TPSA) is 89.5 Å². The SMILES string of the molecule is CC(=O)NCC(O)CC(=O)[O-].[K+]. The Labute approximate surface area is 113 Å². The van der Waals surface area contributed by atoms with E-state index in [2.05, 4.69) is 5.32 Å². The number of nitrogens with one attached hydrogen (secondary N) is 1. The molecule has 0 rings (SSSR count). The Bertz CT molecular complexity index is 162. The first-order chi connectivity index (χ1) is 5.02. The number of carbonyl (C=O) groups excluding carboxylic acids is 2. The largest absolute Gasteiger partial charge is 1.00 e. The van der Waals surface area contributed by atoms with Crippen molar-refractivity contribution in [3.05, 3.63) is 0 Å². The minimum atomic E-state index is -1.33. The van der Waals surface area contributed by atoms with Crippen LogP contribution in [0.3, 0.4) is 0 Å². The zero-order valence-corrected chi connectivity index (χ0v) is 10.3. The molecule has 1 amide bonds. The molecule has 0 fully saturated rings. The van der Waals surface area contributed by atoms with Gasteiger partial charge in [0.15, 0.2) is 0 Å². The molecule has 2 N–H and O–H groups in total. The number of carboxylic acids is 1. The molecule has 0 saturated heterocycles. The van der Waals surface area contributed by atoms with Gasteiger partial charge in [-0.3, -0.25) is 4.79 Å². The molecule has 0 saturated carbocycles. The van der Waals surface area contributed by atoms with Crippen LogP contribution >= 0.6 is 0 Å². The number of hydrogen-bond acceptors (Lipinski definition) is 4. The van der Waals surface area contributed by atoms with E-state index in [-0.39, 0.29) is 63.8 Å². The van der Waals surface area contributed by atoms with E-state index in [4.69, 9.17) is 5.11 Å². The number of amides is 1. The van der Waals surface area contributed by atoms with Crippen LogP contribution < -0.4 is 61.8 Å². The number of aliphatic hydroxyl groups excluding tert-OH is 1. The van der Waals surface area contributed by atoms with Crippen LogP contribution in [0.5, 0.6) is 0 Å². The van der Waals surface area contributed by atoms with Crippen LogP contribution in [0.25, 0.3) is 0 Å². The van der Waals surface area contributed by atoms with E-state index in [9.17, 15) is 14.7 Å². The summed E-state index contributed by atoms with van der Waals surface area (Å²) in [5.41, 5.74) is 0. The molecule has 12 heavy (non-hydrogen) atoms. The van der Waals surface area contributed by atoms with Gasteiger partial charge in [0.05, 0.1) is 6.10 Å². The van der Waals surface area contributed by atoms with Gasteiger partial charge in [0.1, 0.15) is 0 Å². The van der Waals surface area contributed by atoms with Crippen molar-refractivity contribution < 1.29 is 71.2 Å². The number of aliphatic hydroxyl groups is 1. The predicted molar refractivity (Wildman–Crippen MR) is 34.3 cm³/mol. The van der Waals surface area contributed by atoms with E-state index >= 15 is 0 Å². The van der Waals surface area contributed by atoms with Crippen molar-refractivity contribution in [1.82, 2.24) is 5.32 Å². The first-order valence-electron chi connectivity index (χ1n) is 3.14. The van der Waals surface area contributed by atoms with Gasteiger partial charge < -0.3 is 20.3 Å². The van der Waals surface area contributed by atoms with Crippen LogP contribution in [0.1, 0.15) is 13.3 Å². The zero-order chi connectivity index (χ0) is 8.85. The molecule has 1 unspecified atom stereocenters. The van der Waals surface area contributed by atoms with Gasteiger partial charge in [0.25, 0.3) is 0 Å². The minimum Gasteiger partial charge on any atom is -0.550 e. The average Bonchev–Trinajstić information content (AvgIpc) is 1.82. The molecule has 64 valence electrons. The summed E-state index contributed by atoms with van der Waals surface area (Å²) < 4.78 is 0. The minimum absolute atomic E-state index is 0. The third-order valence-corrected chi connectivity index (χ3v) is 0.989. The van der Waals surface area contributed by atoms with Crippen LogP contribution in [0, 0.1) is 0 Å². The average molecular weight is 199 g/mol. The van der Waals surface area contributed by atoms with Crippen LogP contribution in [0.2, 0.25) is 0 Å². The van der Waals surface area contributed by atoms with E-state index in [1.165, 1.54) is 6.92 Å². The van der Waals surface area contributed by atoms with Gasteiger partial charge in [-0.1, -0.05) is 0 Å². The first-order valence-corrected chi connectivity index (χ1v) is 3.14. The third-order valence-electron chi connectivity index (χ3n) is 0.989. The second-order valence-corrected chi connectivity index (χ2v) is 2.17. The van der Waals surface area contributed by atoms with Gasteiger partial charge >= 0.3 is 51.4 Å². The molecule has 0 bridgehead atoms. The van der Waals surface area contributed by atoms with Crippen molar-refractivity contribution in [3.63, 3.8) is 0 Å². The van der Waals surface area contributed by atoms with Crippen molar-refractivity contribution in [2.75, 3.05) is 6.54 Å². The fourth-order valence-corrected chi connectivity index (χ4v) is 0.526. The fraction of sp³-hybridized carbons (Fsp3) is 0.667. The van der Waals surface area contributed by atoms with Crippen molar-refractivity contribution in [1.29, 1.82) is 0 Å². The van der Waals surface area contributed by atoms with Crippen LogP contribution in [0.4, 0.5) is 0 Å². The van der Waals surface area contributed by atoms with E-state index in [0.29, 0.717) is 0 Å². The number of hydrogen-bond donors (Lipinski definition) is 2. The van der Waals surface area contributed by atoms with Crippen molar-refractivity contribution in [3.8, 4) is 0 Å². The van der Waals surface area contributed by atoms with E-state index < -0.39 is 18.5 Å². The predicted octanol–water partition coefficient (Wildman–Crippen LogP) is -5.37. The summed E-state index contributed by atoms with van der Waals surface area (Å²) in [5, 5.41) is 21.0. The monoisotopic (exact) mass is 199 g/mol. The Morgan fingerprint density at radius 1 is 1.58 bits per heavy atom. The van der Waals surface area contributed by atoms with Gasteiger partial charge in [-0.25, -0.2) is 0 Å². The zero-order valence-electron chi connectivity index (χ0n) is 7.16. The molecular weight excluding hydrogens is 189 g/mol. The van der Waals surface area contributed by atoms with Crippen molar-refractivity contribution in [2.45, 2.75) is 19.4 Å². The summed E-state index contributed by atoms with van der Waals surface area (Å²) in [6, 6.07) is 0. The van der Waals surface area contributed by atoms with Gasteiger partial charge in [-0.05, 0) is 0 Å². The Hall–Kier alpha value is 0.536. The van der Waals surface area contributed by atoms with E-state index in [1.54, 1.807) is 0 Å². The van der Waals surface area contributed by atoms with Crippen LogP contribution in [0.15, 0.2) is 0 Å². The number of carboxylic acid groups (broad SMARTS) is 1. The summed E-state index contributed by atoms with van der Waals surface area (Å²) >= 11 is 0. The van der Waals surface area contributed by atoms with Crippen LogP contribution in [-0.2, 0) is 9.59 Å². The standard InChI is InChI=1S/C6H11NO4.K/c1-4(8)7-3-5(9)2-6(10)11;/h5,9H,2-3H2,1H3,(H,7,8)(H,10,11);/q;+1/p-1. The molecule has 0 aliphatic carbocycles. The molecule has 0 heterocycles. The molecule has 1 atom stereocenters. The molecule has 0 aromatic heterocycles. The third kappa shape index (κ3) is 10.5. The Kier molecular flexibility index (Phi) is 10.2. The number of carbonyl (C=O) groups is 2. The Morgan fingerprint density at radius 3 is 2.42 bits per heavy atom. The molecule has 0 spiro atoms. The Balaban J connectivity index is 0. The maximum Gasteiger partial charge on any atom is 1.00 e.